The van der Waals surface area contributed by atoms with Crippen molar-refractivity contribution < 1.29 is 0 Å². The van der Waals surface area contributed by atoms with E-state index in [1.807, 2.05) is 18.7 Å². The molecule has 0 fully saturated rings. The van der Waals surface area contributed by atoms with Crippen molar-refractivity contribution in [1.29, 1.82) is 0 Å². The molecule has 2 rings (SSSR count). The Labute approximate surface area is 134 Å². The maximum Gasteiger partial charge on any atom is 0.0738 e. The predicted molar refractivity (Wildman–Crippen MR) is 90.0 cm³/mol. The second-order valence-corrected chi connectivity index (χ2v) is 6.36. The highest BCUT2D eigenvalue weighted by Crippen LogP contribution is 2.22. The van der Waals surface area contributed by atoms with Crippen LogP contribution in [0.3, 0.4) is 0 Å². The van der Waals surface area contributed by atoms with E-state index in [-0.39, 0.29) is 6.04 Å². The van der Waals surface area contributed by atoms with Crippen LogP contribution in [0.25, 0.3) is 0 Å². The molecule has 0 aliphatic rings. The van der Waals surface area contributed by atoms with Crippen LogP contribution in [0.1, 0.15) is 28.9 Å². The van der Waals surface area contributed by atoms with Crippen molar-refractivity contribution in [3.05, 3.63) is 51.3 Å². The van der Waals surface area contributed by atoms with E-state index in [0.29, 0.717) is 0 Å². The van der Waals surface area contributed by atoms with Crippen LogP contribution in [0.5, 0.6) is 0 Å². The summed E-state index contributed by atoms with van der Waals surface area (Å²) in [5.74, 6) is 5.73. The van der Waals surface area contributed by atoms with Crippen molar-refractivity contribution in [2.45, 2.75) is 39.2 Å². The molecule has 5 heteroatoms. The van der Waals surface area contributed by atoms with Crippen LogP contribution in [0.15, 0.2) is 28.7 Å². The SMILES string of the molecule is Cc1cccc(CCC(Cc2c(Br)c(C)nn2C)NN)c1. The van der Waals surface area contributed by atoms with Crippen molar-refractivity contribution in [3.8, 4) is 0 Å². The largest absolute Gasteiger partial charge is 0.271 e. The number of aromatic nitrogens is 2. The van der Waals surface area contributed by atoms with E-state index >= 15 is 0 Å². The van der Waals surface area contributed by atoms with Crippen molar-refractivity contribution in [3.63, 3.8) is 0 Å². The van der Waals surface area contributed by atoms with Crippen LogP contribution in [-0.2, 0) is 19.9 Å². The molecule has 21 heavy (non-hydrogen) atoms. The summed E-state index contributed by atoms with van der Waals surface area (Å²) < 4.78 is 3.01. The van der Waals surface area contributed by atoms with Gasteiger partial charge in [0.2, 0.25) is 0 Å². The predicted octanol–water partition coefficient (Wildman–Crippen LogP) is 2.81. The van der Waals surface area contributed by atoms with Gasteiger partial charge in [-0.05, 0) is 48.2 Å². The molecule has 0 aliphatic heterocycles. The first-order valence-corrected chi connectivity index (χ1v) is 8.00. The molecule has 0 bridgehead atoms. The van der Waals surface area contributed by atoms with E-state index in [9.17, 15) is 0 Å². The zero-order valence-electron chi connectivity index (χ0n) is 12.9. The highest BCUT2D eigenvalue weighted by atomic mass is 79.9. The first kappa shape index (κ1) is 16.2. The molecular weight excluding hydrogens is 328 g/mol. The minimum atomic E-state index is 0.233. The molecule has 1 aromatic heterocycles. The summed E-state index contributed by atoms with van der Waals surface area (Å²) in [4.78, 5) is 0. The van der Waals surface area contributed by atoms with Crippen molar-refractivity contribution in [2.75, 3.05) is 0 Å². The molecule has 1 aromatic carbocycles. The lowest BCUT2D eigenvalue weighted by Gasteiger charge is -2.16. The molecular formula is C16H23BrN4. The number of nitrogens with one attached hydrogen (secondary N) is 1. The van der Waals surface area contributed by atoms with Gasteiger partial charge in [0.25, 0.3) is 0 Å². The van der Waals surface area contributed by atoms with Crippen molar-refractivity contribution in [2.24, 2.45) is 12.9 Å². The minimum Gasteiger partial charge on any atom is -0.271 e. The normalized spacial score (nSPS) is 12.6. The summed E-state index contributed by atoms with van der Waals surface area (Å²) in [5.41, 5.74) is 7.79. The molecule has 114 valence electrons. The molecule has 0 radical (unpaired) electrons. The lowest BCUT2D eigenvalue weighted by molar-refractivity contribution is 0.477. The standard InChI is InChI=1S/C16H23BrN4/c1-11-5-4-6-13(9-11)7-8-14(19-18)10-15-16(17)12(2)20-21(15)3/h4-6,9,14,19H,7-8,10,18H2,1-3H3. The molecule has 2 aromatic rings. The summed E-state index contributed by atoms with van der Waals surface area (Å²) in [6, 6.07) is 8.87. The smallest absolute Gasteiger partial charge is 0.0738 e. The van der Waals surface area contributed by atoms with Gasteiger partial charge in [-0.3, -0.25) is 16.0 Å². The molecule has 0 aliphatic carbocycles. The summed E-state index contributed by atoms with van der Waals surface area (Å²) in [7, 11) is 1.97. The van der Waals surface area contributed by atoms with Gasteiger partial charge in [0.15, 0.2) is 0 Å². The molecule has 4 nitrogen and oxygen atoms in total. The maximum absolute atomic E-state index is 5.73. The van der Waals surface area contributed by atoms with E-state index in [2.05, 4.69) is 57.6 Å². The molecule has 0 amide bonds. The van der Waals surface area contributed by atoms with Gasteiger partial charge in [-0.25, -0.2) is 0 Å². The Morgan fingerprint density at radius 2 is 2.14 bits per heavy atom. The van der Waals surface area contributed by atoms with E-state index < -0.39 is 0 Å². The Hall–Kier alpha value is -1.17. The number of nitrogens with two attached hydrogens (primary N) is 1. The second-order valence-electron chi connectivity index (χ2n) is 5.57. The fraction of sp³-hybridized carbons (Fsp3) is 0.438. The fourth-order valence-corrected chi connectivity index (χ4v) is 3.09. The summed E-state index contributed by atoms with van der Waals surface area (Å²) in [6.45, 7) is 4.13. The monoisotopic (exact) mass is 350 g/mol. The van der Waals surface area contributed by atoms with Crippen LogP contribution < -0.4 is 11.3 Å². The lowest BCUT2D eigenvalue weighted by atomic mass is 10.0. The average Bonchev–Trinajstić information content (AvgIpc) is 2.69. The minimum absolute atomic E-state index is 0.233. The molecule has 0 saturated heterocycles. The molecule has 3 N–H and O–H groups in total. The highest BCUT2D eigenvalue weighted by molar-refractivity contribution is 9.10. The molecule has 1 heterocycles. The summed E-state index contributed by atoms with van der Waals surface area (Å²) in [5, 5.41) is 4.43. The van der Waals surface area contributed by atoms with E-state index in [1.54, 1.807) is 0 Å². The first-order valence-electron chi connectivity index (χ1n) is 7.21. The quantitative estimate of drug-likeness (QED) is 0.622. The Morgan fingerprint density at radius 3 is 2.71 bits per heavy atom. The second kappa shape index (κ2) is 7.20. The van der Waals surface area contributed by atoms with E-state index in [4.69, 9.17) is 5.84 Å². The maximum atomic E-state index is 5.73. The third-order valence-corrected chi connectivity index (χ3v) is 4.83. The average molecular weight is 351 g/mol. The van der Waals surface area contributed by atoms with Crippen LogP contribution in [-0.4, -0.2) is 15.8 Å². The molecule has 1 atom stereocenters. The molecule has 0 saturated carbocycles. The Balaban J connectivity index is 2.00. The molecule has 1 unspecified atom stereocenters. The van der Waals surface area contributed by atoms with E-state index in [1.165, 1.54) is 16.8 Å². The third kappa shape index (κ3) is 4.15. The van der Waals surface area contributed by atoms with Gasteiger partial charge in [-0.1, -0.05) is 29.8 Å². The van der Waals surface area contributed by atoms with Crippen LogP contribution >= 0.6 is 15.9 Å². The Morgan fingerprint density at radius 1 is 1.38 bits per heavy atom. The fourth-order valence-electron chi connectivity index (χ4n) is 2.59. The zero-order valence-corrected chi connectivity index (χ0v) is 14.4. The number of rotatable bonds is 6. The van der Waals surface area contributed by atoms with Gasteiger partial charge in [0.05, 0.1) is 15.9 Å². The number of hydrazine groups is 1. The van der Waals surface area contributed by atoms with Gasteiger partial charge < -0.3 is 0 Å². The number of aryl methyl sites for hydroxylation is 4. The number of halogens is 1. The lowest BCUT2D eigenvalue weighted by Crippen LogP contribution is -2.37. The van der Waals surface area contributed by atoms with Crippen molar-refractivity contribution >= 4 is 15.9 Å². The number of benzene rings is 1. The number of hydrogen-bond donors (Lipinski definition) is 2. The van der Waals surface area contributed by atoms with Gasteiger partial charge >= 0.3 is 0 Å². The molecule has 0 spiro atoms. The van der Waals surface area contributed by atoms with Crippen LogP contribution in [0.2, 0.25) is 0 Å². The Kier molecular flexibility index (Phi) is 5.56. The third-order valence-electron chi connectivity index (χ3n) is 3.80. The zero-order chi connectivity index (χ0) is 15.4. The van der Waals surface area contributed by atoms with Gasteiger partial charge in [-0.15, -0.1) is 0 Å². The summed E-state index contributed by atoms with van der Waals surface area (Å²) >= 11 is 3.61. The first-order chi connectivity index (χ1) is 10.0. The van der Waals surface area contributed by atoms with Crippen molar-refractivity contribution in [1.82, 2.24) is 15.2 Å². The number of nitrogens with zero attached hydrogens (tertiary/aromatic N) is 2. The topological polar surface area (TPSA) is 55.9 Å². The number of hydrogen-bond acceptors (Lipinski definition) is 3. The Bertz CT molecular complexity index is 606. The van der Waals surface area contributed by atoms with Gasteiger partial charge in [-0.2, -0.15) is 5.10 Å². The van der Waals surface area contributed by atoms with Gasteiger partial charge in [0.1, 0.15) is 0 Å². The van der Waals surface area contributed by atoms with Gasteiger partial charge in [0, 0.05) is 19.5 Å². The van der Waals surface area contributed by atoms with Crippen LogP contribution in [0, 0.1) is 13.8 Å². The van der Waals surface area contributed by atoms with Crippen LogP contribution in [0.4, 0.5) is 0 Å². The highest BCUT2D eigenvalue weighted by Gasteiger charge is 2.16. The van der Waals surface area contributed by atoms with E-state index in [0.717, 1.165) is 29.4 Å². The summed E-state index contributed by atoms with van der Waals surface area (Å²) in [6.07, 6.45) is 2.88.